The molecule has 0 radical (unpaired) electrons. The number of benzene rings is 3. The number of halogens is 1. The Morgan fingerprint density at radius 1 is 0.900 bits per heavy atom. The van der Waals surface area contributed by atoms with Crippen LogP contribution in [0.4, 0.5) is 4.39 Å². The highest BCUT2D eigenvalue weighted by molar-refractivity contribution is 6.62. The van der Waals surface area contributed by atoms with Crippen molar-refractivity contribution in [2.75, 3.05) is 0 Å². The Morgan fingerprint density at radius 3 is 2.03 bits per heavy atom. The molecule has 6 nitrogen and oxygen atoms in total. The first-order valence-corrected chi connectivity index (χ1v) is 8.77. The summed E-state index contributed by atoms with van der Waals surface area (Å²) in [5, 5.41) is 16.5. The van der Waals surface area contributed by atoms with Gasteiger partial charge in [0.05, 0.1) is 11.6 Å². The summed E-state index contributed by atoms with van der Waals surface area (Å²) in [5.41, 5.74) is 1.16. The van der Waals surface area contributed by atoms with Crippen LogP contribution >= 0.6 is 0 Å². The standard InChI is InChI=1S/C23H15FN2O4/c1-14-2-8-17(9-3-14)29-22(27)21(26)23(28)30-18-10-11-19(20(24)12-18)16-6-4-15(13-25)5-7-16/h2-12,26H,1H3. The molecule has 0 atom stereocenters. The fourth-order valence-electron chi connectivity index (χ4n) is 2.52. The molecule has 0 spiro atoms. The highest BCUT2D eigenvalue weighted by Crippen LogP contribution is 2.26. The molecule has 148 valence electrons. The third kappa shape index (κ3) is 4.75. The van der Waals surface area contributed by atoms with Gasteiger partial charge in [0, 0.05) is 11.6 Å². The summed E-state index contributed by atoms with van der Waals surface area (Å²) in [4.78, 5) is 24.0. The first-order valence-electron chi connectivity index (χ1n) is 8.77. The summed E-state index contributed by atoms with van der Waals surface area (Å²) in [7, 11) is 0. The second-order valence-corrected chi connectivity index (χ2v) is 6.30. The lowest BCUT2D eigenvalue weighted by atomic mass is 10.0. The second kappa shape index (κ2) is 8.80. The highest BCUT2D eigenvalue weighted by atomic mass is 19.1. The molecular formula is C23H15FN2O4. The van der Waals surface area contributed by atoms with E-state index in [1.165, 1.54) is 24.3 Å². The molecule has 0 amide bonds. The number of nitrogens with one attached hydrogen (secondary N) is 1. The molecule has 0 aliphatic heterocycles. The summed E-state index contributed by atoms with van der Waals surface area (Å²) < 4.78 is 24.3. The van der Waals surface area contributed by atoms with E-state index in [9.17, 15) is 14.0 Å². The van der Waals surface area contributed by atoms with Gasteiger partial charge in [-0.15, -0.1) is 0 Å². The van der Waals surface area contributed by atoms with Crippen molar-refractivity contribution in [3.8, 4) is 28.7 Å². The number of nitrogens with zero attached hydrogens (tertiary/aromatic N) is 1. The minimum Gasteiger partial charge on any atom is -0.422 e. The second-order valence-electron chi connectivity index (χ2n) is 6.30. The molecule has 0 unspecified atom stereocenters. The number of ether oxygens (including phenoxy) is 2. The topological polar surface area (TPSA) is 100 Å². The minimum atomic E-state index is -1.27. The van der Waals surface area contributed by atoms with E-state index in [1.54, 1.807) is 36.4 Å². The molecule has 0 aliphatic carbocycles. The SMILES string of the molecule is Cc1ccc(OC(=O)C(=N)C(=O)Oc2ccc(-c3ccc(C#N)cc3)c(F)c2)cc1. The molecule has 0 heterocycles. The zero-order valence-corrected chi connectivity index (χ0v) is 15.8. The predicted molar refractivity (Wildman–Crippen MR) is 107 cm³/mol. The average Bonchev–Trinajstić information content (AvgIpc) is 2.75. The van der Waals surface area contributed by atoms with Gasteiger partial charge in [-0.3, -0.25) is 5.41 Å². The van der Waals surface area contributed by atoms with Crippen LogP contribution in [0.25, 0.3) is 11.1 Å². The van der Waals surface area contributed by atoms with Crippen LogP contribution in [-0.2, 0) is 9.59 Å². The van der Waals surface area contributed by atoms with Gasteiger partial charge in [0.25, 0.3) is 0 Å². The zero-order valence-electron chi connectivity index (χ0n) is 15.8. The monoisotopic (exact) mass is 402 g/mol. The maximum absolute atomic E-state index is 14.4. The molecule has 30 heavy (non-hydrogen) atoms. The van der Waals surface area contributed by atoms with Crippen LogP contribution in [0.2, 0.25) is 0 Å². The van der Waals surface area contributed by atoms with Gasteiger partial charge in [-0.05, 0) is 48.9 Å². The summed E-state index contributed by atoms with van der Waals surface area (Å²) in [6, 6.07) is 18.5. The van der Waals surface area contributed by atoms with E-state index in [1.807, 2.05) is 13.0 Å². The van der Waals surface area contributed by atoms with Crippen LogP contribution in [0.3, 0.4) is 0 Å². The van der Waals surface area contributed by atoms with E-state index < -0.39 is 23.5 Å². The van der Waals surface area contributed by atoms with Crippen molar-refractivity contribution in [2.24, 2.45) is 0 Å². The number of hydrogen-bond donors (Lipinski definition) is 1. The summed E-state index contributed by atoms with van der Waals surface area (Å²) in [6.07, 6.45) is 0. The number of hydrogen-bond acceptors (Lipinski definition) is 6. The molecule has 0 saturated heterocycles. The van der Waals surface area contributed by atoms with Crippen LogP contribution in [0.15, 0.2) is 66.7 Å². The van der Waals surface area contributed by atoms with Crippen molar-refractivity contribution in [1.82, 2.24) is 0 Å². The maximum Gasteiger partial charge on any atom is 0.369 e. The van der Waals surface area contributed by atoms with Gasteiger partial charge >= 0.3 is 11.9 Å². The third-order valence-electron chi connectivity index (χ3n) is 4.12. The number of carbonyl (C=O) groups excluding carboxylic acids is 2. The Balaban J connectivity index is 1.67. The molecule has 0 aromatic heterocycles. The molecule has 3 rings (SSSR count). The van der Waals surface area contributed by atoms with Gasteiger partial charge in [-0.1, -0.05) is 29.8 Å². The van der Waals surface area contributed by atoms with Crippen LogP contribution in [0.1, 0.15) is 11.1 Å². The Kier molecular flexibility index (Phi) is 5.99. The van der Waals surface area contributed by atoms with Crippen LogP contribution < -0.4 is 9.47 Å². The summed E-state index contributed by atoms with van der Waals surface area (Å²) >= 11 is 0. The van der Waals surface area contributed by atoms with Crippen molar-refractivity contribution in [3.63, 3.8) is 0 Å². The average molecular weight is 402 g/mol. The number of aryl methyl sites for hydroxylation is 1. The number of nitriles is 1. The molecule has 0 aliphatic rings. The van der Waals surface area contributed by atoms with E-state index in [0.717, 1.165) is 11.6 Å². The van der Waals surface area contributed by atoms with Crippen LogP contribution in [0, 0.1) is 29.5 Å². The fourth-order valence-corrected chi connectivity index (χ4v) is 2.52. The zero-order chi connectivity index (χ0) is 21.7. The van der Waals surface area contributed by atoms with Crippen molar-refractivity contribution >= 4 is 17.7 Å². The normalized spacial score (nSPS) is 10.0. The van der Waals surface area contributed by atoms with E-state index >= 15 is 0 Å². The van der Waals surface area contributed by atoms with Gasteiger partial charge in [0.2, 0.25) is 5.71 Å². The van der Waals surface area contributed by atoms with Crippen LogP contribution in [-0.4, -0.2) is 17.7 Å². The third-order valence-corrected chi connectivity index (χ3v) is 4.12. The molecule has 7 heteroatoms. The fraction of sp³-hybridized carbons (Fsp3) is 0.0435. The lowest BCUT2D eigenvalue weighted by molar-refractivity contribution is -0.132. The molecule has 0 fully saturated rings. The van der Waals surface area contributed by atoms with Crippen molar-refractivity contribution < 1.29 is 23.5 Å². The van der Waals surface area contributed by atoms with E-state index in [4.69, 9.17) is 20.1 Å². The first-order chi connectivity index (χ1) is 14.4. The summed E-state index contributed by atoms with van der Waals surface area (Å²) in [5.74, 6) is -3.10. The Hall–Kier alpha value is -4.31. The molecule has 0 bridgehead atoms. The van der Waals surface area contributed by atoms with Crippen molar-refractivity contribution in [1.29, 1.82) is 10.7 Å². The maximum atomic E-state index is 14.4. The summed E-state index contributed by atoms with van der Waals surface area (Å²) in [6.45, 7) is 1.86. The lowest BCUT2D eigenvalue weighted by Crippen LogP contribution is -2.31. The first kappa shape index (κ1) is 20.4. The smallest absolute Gasteiger partial charge is 0.369 e. The largest absolute Gasteiger partial charge is 0.422 e. The molecule has 0 saturated carbocycles. The van der Waals surface area contributed by atoms with E-state index in [2.05, 4.69) is 0 Å². The predicted octanol–water partition coefficient (Wildman–Crippen LogP) is 4.20. The van der Waals surface area contributed by atoms with Gasteiger partial charge in [0.1, 0.15) is 17.3 Å². The van der Waals surface area contributed by atoms with Crippen molar-refractivity contribution in [3.05, 3.63) is 83.7 Å². The van der Waals surface area contributed by atoms with E-state index in [0.29, 0.717) is 11.1 Å². The molecular weight excluding hydrogens is 387 g/mol. The molecule has 3 aromatic carbocycles. The van der Waals surface area contributed by atoms with Gasteiger partial charge in [-0.25, -0.2) is 14.0 Å². The quantitative estimate of drug-likeness (QED) is 0.298. The Morgan fingerprint density at radius 2 is 1.47 bits per heavy atom. The Bertz CT molecular complexity index is 1160. The van der Waals surface area contributed by atoms with E-state index in [-0.39, 0.29) is 17.1 Å². The van der Waals surface area contributed by atoms with Crippen LogP contribution in [0.5, 0.6) is 11.5 Å². The minimum absolute atomic E-state index is 0.164. The van der Waals surface area contributed by atoms with Gasteiger partial charge in [0.15, 0.2) is 0 Å². The van der Waals surface area contributed by atoms with Gasteiger partial charge in [-0.2, -0.15) is 5.26 Å². The highest BCUT2D eigenvalue weighted by Gasteiger charge is 2.23. The van der Waals surface area contributed by atoms with Gasteiger partial charge < -0.3 is 9.47 Å². The number of carbonyl (C=O) groups is 2. The van der Waals surface area contributed by atoms with Crippen molar-refractivity contribution in [2.45, 2.75) is 6.92 Å². The molecule has 3 aromatic rings. The number of rotatable bonds is 5. The molecule has 1 N–H and O–H groups in total. The Labute approximate surface area is 171 Å². The number of esters is 2. The lowest BCUT2D eigenvalue weighted by Gasteiger charge is -2.08.